The molecule has 1 aromatic rings. The maximum absolute atomic E-state index is 11.7. The zero-order chi connectivity index (χ0) is 11.0. The molecule has 1 heterocycles. The lowest BCUT2D eigenvalue weighted by Crippen LogP contribution is -2.22. The van der Waals surface area contributed by atoms with Crippen molar-refractivity contribution in [1.82, 2.24) is 0 Å². The van der Waals surface area contributed by atoms with Gasteiger partial charge in [0.2, 0.25) is 0 Å². The van der Waals surface area contributed by atoms with Gasteiger partial charge in [0.15, 0.2) is 0 Å². The minimum absolute atomic E-state index is 0.0331. The Kier molecular flexibility index (Phi) is 2.80. The van der Waals surface area contributed by atoms with Gasteiger partial charge in [0.25, 0.3) is 11.3 Å². The minimum atomic E-state index is -1.33. The van der Waals surface area contributed by atoms with Crippen molar-refractivity contribution in [2.45, 2.75) is 26.9 Å². The van der Waals surface area contributed by atoms with Crippen molar-refractivity contribution < 1.29 is 8.39 Å². The van der Waals surface area contributed by atoms with Crippen LogP contribution in [0.25, 0.3) is 0 Å². The molecule has 1 saturated heterocycles. The minimum Gasteiger partial charge on any atom is -0.269 e. The normalized spacial score (nSPS) is 25.9. The van der Waals surface area contributed by atoms with Crippen molar-refractivity contribution in [2.24, 2.45) is 0 Å². The second-order valence-electron chi connectivity index (χ2n) is 3.90. The van der Waals surface area contributed by atoms with Crippen LogP contribution in [0.5, 0.6) is 0 Å². The first kappa shape index (κ1) is 10.6. The molecule has 2 unspecified atom stereocenters. The van der Waals surface area contributed by atoms with E-state index in [0.29, 0.717) is 6.54 Å². The van der Waals surface area contributed by atoms with E-state index in [2.05, 4.69) is 13.0 Å². The molecule has 1 aromatic carbocycles. The summed E-state index contributed by atoms with van der Waals surface area (Å²) in [6.45, 7) is 6.73. The molecule has 1 aliphatic rings. The smallest absolute Gasteiger partial charge is 0.264 e. The van der Waals surface area contributed by atoms with Crippen LogP contribution in [-0.4, -0.2) is 16.9 Å². The van der Waals surface area contributed by atoms with Gasteiger partial charge in [0.1, 0.15) is 0 Å². The highest BCUT2D eigenvalue weighted by atomic mass is 32.2. The van der Waals surface area contributed by atoms with Crippen molar-refractivity contribution in [1.29, 1.82) is 0 Å². The summed E-state index contributed by atoms with van der Waals surface area (Å²) in [6.07, 6.45) is 0.0331. The van der Waals surface area contributed by atoms with Crippen LogP contribution >= 0.6 is 0 Å². The van der Waals surface area contributed by atoms with E-state index in [1.54, 1.807) is 0 Å². The van der Waals surface area contributed by atoms with Crippen molar-refractivity contribution in [3.05, 3.63) is 29.3 Å². The van der Waals surface area contributed by atoms with Crippen molar-refractivity contribution in [3.8, 4) is 0 Å². The van der Waals surface area contributed by atoms with Gasteiger partial charge in [0.05, 0.1) is 18.3 Å². The monoisotopic (exact) mass is 225 g/mol. The van der Waals surface area contributed by atoms with Gasteiger partial charge >= 0.3 is 0 Å². The third kappa shape index (κ3) is 1.92. The van der Waals surface area contributed by atoms with Gasteiger partial charge < -0.3 is 0 Å². The number of rotatable bonds is 1. The standard InChI is InChI=1S/C11H15NO2S/c1-8-5-4-6-11(10(8)3)12-7-9(2)14-15(12)13/h4-6,9H,7H2,1-3H3. The van der Waals surface area contributed by atoms with Crippen LogP contribution in [0.1, 0.15) is 18.1 Å². The van der Waals surface area contributed by atoms with Gasteiger partial charge in [-0.3, -0.25) is 8.49 Å². The zero-order valence-corrected chi connectivity index (χ0v) is 10.0. The lowest BCUT2D eigenvalue weighted by atomic mass is 10.1. The zero-order valence-electron chi connectivity index (χ0n) is 9.19. The van der Waals surface area contributed by atoms with E-state index < -0.39 is 11.3 Å². The Morgan fingerprint density at radius 1 is 1.47 bits per heavy atom. The molecular weight excluding hydrogens is 210 g/mol. The van der Waals surface area contributed by atoms with Gasteiger partial charge in [-0.25, -0.2) is 4.21 Å². The number of hydrogen-bond donors (Lipinski definition) is 0. The van der Waals surface area contributed by atoms with Crippen LogP contribution in [0.2, 0.25) is 0 Å². The first-order chi connectivity index (χ1) is 7.09. The average molecular weight is 225 g/mol. The van der Waals surface area contributed by atoms with E-state index in [1.807, 2.05) is 30.3 Å². The Hall–Kier alpha value is -0.870. The molecule has 2 atom stereocenters. The van der Waals surface area contributed by atoms with E-state index >= 15 is 0 Å². The van der Waals surface area contributed by atoms with E-state index in [1.165, 1.54) is 11.1 Å². The Morgan fingerprint density at radius 3 is 2.80 bits per heavy atom. The molecule has 1 fully saturated rings. The summed E-state index contributed by atoms with van der Waals surface area (Å²) in [6, 6.07) is 6.03. The number of aryl methyl sites for hydroxylation is 1. The molecule has 0 saturated carbocycles. The van der Waals surface area contributed by atoms with Crippen LogP contribution in [0.4, 0.5) is 5.69 Å². The highest BCUT2D eigenvalue weighted by Crippen LogP contribution is 2.28. The van der Waals surface area contributed by atoms with Gasteiger partial charge in [-0.05, 0) is 38.0 Å². The first-order valence-corrected chi connectivity index (χ1v) is 6.05. The number of benzene rings is 1. The molecule has 3 nitrogen and oxygen atoms in total. The Bertz CT molecular complexity index is 406. The second-order valence-corrected chi connectivity index (χ2v) is 4.97. The van der Waals surface area contributed by atoms with Gasteiger partial charge in [-0.15, -0.1) is 0 Å². The quantitative estimate of drug-likeness (QED) is 0.732. The molecule has 0 aromatic heterocycles. The Balaban J connectivity index is 2.38. The highest BCUT2D eigenvalue weighted by molar-refractivity contribution is 7.82. The third-order valence-corrected chi connectivity index (χ3v) is 3.89. The average Bonchev–Trinajstić information content (AvgIpc) is 2.50. The molecule has 1 aliphatic heterocycles. The number of hydrogen-bond acceptors (Lipinski definition) is 2. The fourth-order valence-electron chi connectivity index (χ4n) is 1.70. The van der Waals surface area contributed by atoms with Crippen LogP contribution in [-0.2, 0) is 15.4 Å². The van der Waals surface area contributed by atoms with Crippen LogP contribution in [0.15, 0.2) is 18.2 Å². The SMILES string of the molecule is Cc1cccc(N2CC(C)OS2=O)c1C. The summed E-state index contributed by atoms with van der Waals surface area (Å²) in [5, 5.41) is 0. The van der Waals surface area contributed by atoms with E-state index in [0.717, 1.165) is 5.69 Å². The van der Waals surface area contributed by atoms with E-state index in [-0.39, 0.29) is 6.10 Å². The molecule has 4 heteroatoms. The summed E-state index contributed by atoms with van der Waals surface area (Å²) >= 11 is -1.33. The lowest BCUT2D eigenvalue weighted by Gasteiger charge is -2.17. The molecule has 2 rings (SSSR count). The second kappa shape index (κ2) is 3.94. The molecule has 0 radical (unpaired) electrons. The number of anilines is 1. The van der Waals surface area contributed by atoms with Crippen molar-refractivity contribution in [3.63, 3.8) is 0 Å². The van der Waals surface area contributed by atoms with Crippen molar-refractivity contribution in [2.75, 3.05) is 10.8 Å². The molecule has 82 valence electrons. The molecule has 0 bridgehead atoms. The van der Waals surface area contributed by atoms with Crippen LogP contribution < -0.4 is 4.31 Å². The molecule has 0 spiro atoms. The predicted octanol–water partition coefficient (Wildman–Crippen LogP) is 2.11. The Morgan fingerprint density at radius 2 is 2.20 bits per heavy atom. The molecule has 15 heavy (non-hydrogen) atoms. The van der Waals surface area contributed by atoms with Crippen LogP contribution in [0.3, 0.4) is 0 Å². The summed E-state index contributed by atoms with van der Waals surface area (Å²) in [7, 11) is 0. The first-order valence-electron chi connectivity index (χ1n) is 5.02. The van der Waals surface area contributed by atoms with Gasteiger partial charge in [-0.2, -0.15) is 0 Å². The Labute approximate surface area is 92.8 Å². The number of nitrogens with zero attached hydrogens (tertiary/aromatic N) is 1. The molecule has 0 N–H and O–H groups in total. The molecular formula is C11H15NO2S. The van der Waals surface area contributed by atoms with Gasteiger partial charge in [-0.1, -0.05) is 12.1 Å². The topological polar surface area (TPSA) is 29.5 Å². The van der Waals surface area contributed by atoms with E-state index in [4.69, 9.17) is 4.18 Å². The largest absolute Gasteiger partial charge is 0.269 e. The fraction of sp³-hybridized carbons (Fsp3) is 0.455. The summed E-state index contributed by atoms with van der Waals surface area (Å²) in [5.41, 5.74) is 3.39. The van der Waals surface area contributed by atoms with E-state index in [9.17, 15) is 4.21 Å². The van der Waals surface area contributed by atoms with Gasteiger partial charge in [0, 0.05) is 0 Å². The molecule has 0 amide bonds. The predicted molar refractivity (Wildman–Crippen MR) is 62.0 cm³/mol. The summed E-state index contributed by atoms with van der Waals surface area (Å²) in [4.78, 5) is 0. The summed E-state index contributed by atoms with van der Waals surface area (Å²) < 4.78 is 18.7. The van der Waals surface area contributed by atoms with Crippen LogP contribution in [0, 0.1) is 13.8 Å². The lowest BCUT2D eigenvalue weighted by molar-refractivity contribution is 0.287. The highest BCUT2D eigenvalue weighted by Gasteiger charge is 2.28. The summed E-state index contributed by atoms with van der Waals surface area (Å²) in [5.74, 6) is 0. The third-order valence-electron chi connectivity index (χ3n) is 2.69. The van der Waals surface area contributed by atoms with Crippen molar-refractivity contribution >= 4 is 17.0 Å². The molecule has 0 aliphatic carbocycles. The fourth-order valence-corrected chi connectivity index (χ4v) is 2.84. The maximum Gasteiger partial charge on any atom is 0.264 e. The maximum atomic E-state index is 11.7.